The number of nitrogens with zero attached hydrogens (tertiary/aromatic N) is 1. The monoisotopic (exact) mass is 260 g/mol. The van der Waals surface area contributed by atoms with Gasteiger partial charge < -0.3 is 10.2 Å². The molecule has 1 aromatic carbocycles. The van der Waals surface area contributed by atoms with Gasteiger partial charge in [0, 0.05) is 25.3 Å². The summed E-state index contributed by atoms with van der Waals surface area (Å²) < 4.78 is 0. The van der Waals surface area contributed by atoms with Gasteiger partial charge in [0.15, 0.2) is 0 Å². The predicted molar refractivity (Wildman–Crippen MR) is 83.7 cm³/mol. The largest absolute Gasteiger partial charge is 0.372 e. The van der Waals surface area contributed by atoms with Crippen molar-refractivity contribution in [3.05, 3.63) is 29.8 Å². The summed E-state index contributed by atoms with van der Waals surface area (Å²) >= 11 is 0. The SMILES string of the molecule is CCN(CC)c1ccc(CNCCC2CCC2)cc1. The predicted octanol–water partition coefficient (Wildman–Crippen LogP) is 3.81. The third-order valence-corrected chi connectivity index (χ3v) is 4.35. The zero-order valence-corrected chi connectivity index (χ0v) is 12.5. The highest BCUT2D eigenvalue weighted by Crippen LogP contribution is 2.28. The summed E-state index contributed by atoms with van der Waals surface area (Å²) in [7, 11) is 0. The lowest BCUT2D eigenvalue weighted by Crippen LogP contribution is -2.22. The standard InChI is InChI=1S/C17H28N2/c1-3-19(4-2)17-10-8-16(9-11-17)14-18-13-12-15-6-5-7-15/h8-11,15,18H,3-7,12-14H2,1-2H3. The van der Waals surface area contributed by atoms with Crippen LogP contribution in [0.15, 0.2) is 24.3 Å². The van der Waals surface area contributed by atoms with E-state index in [1.54, 1.807) is 0 Å². The highest BCUT2D eigenvalue weighted by Gasteiger charge is 2.16. The van der Waals surface area contributed by atoms with Gasteiger partial charge in [-0.3, -0.25) is 0 Å². The maximum absolute atomic E-state index is 3.56. The molecule has 1 N–H and O–H groups in total. The molecule has 0 bridgehead atoms. The summed E-state index contributed by atoms with van der Waals surface area (Å²) in [4.78, 5) is 2.38. The molecule has 1 fully saturated rings. The Balaban J connectivity index is 1.71. The van der Waals surface area contributed by atoms with Crippen molar-refractivity contribution in [3.8, 4) is 0 Å². The Morgan fingerprint density at radius 2 is 1.79 bits per heavy atom. The molecule has 0 unspecified atom stereocenters. The first kappa shape index (κ1) is 14.4. The van der Waals surface area contributed by atoms with E-state index in [0.717, 1.165) is 25.6 Å². The summed E-state index contributed by atoms with van der Waals surface area (Å²) in [6.45, 7) is 8.75. The zero-order chi connectivity index (χ0) is 13.5. The Kier molecular flexibility index (Phi) is 5.71. The van der Waals surface area contributed by atoms with E-state index in [1.807, 2.05) is 0 Å². The fourth-order valence-electron chi connectivity index (χ4n) is 2.73. The van der Waals surface area contributed by atoms with Crippen LogP contribution in [-0.2, 0) is 6.54 Å². The Bertz CT molecular complexity index is 350. The maximum Gasteiger partial charge on any atom is 0.0366 e. The maximum atomic E-state index is 3.56. The highest BCUT2D eigenvalue weighted by atomic mass is 15.1. The molecule has 0 aliphatic heterocycles. The summed E-state index contributed by atoms with van der Waals surface area (Å²) in [6, 6.07) is 9.00. The second kappa shape index (κ2) is 7.54. The Hall–Kier alpha value is -1.02. The molecule has 1 aromatic rings. The lowest BCUT2D eigenvalue weighted by Gasteiger charge is -2.25. The van der Waals surface area contributed by atoms with Gasteiger partial charge in [0.2, 0.25) is 0 Å². The number of rotatable bonds is 8. The Morgan fingerprint density at radius 3 is 2.32 bits per heavy atom. The van der Waals surface area contributed by atoms with Gasteiger partial charge in [-0.2, -0.15) is 0 Å². The minimum Gasteiger partial charge on any atom is -0.372 e. The molecule has 1 aliphatic rings. The molecule has 0 spiro atoms. The van der Waals surface area contributed by atoms with E-state index in [9.17, 15) is 0 Å². The van der Waals surface area contributed by atoms with Crippen molar-refractivity contribution in [1.82, 2.24) is 5.32 Å². The molecule has 19 heavy (non-hydrogen) atoms. The molecular weight excluding hydrogens is 232 g/mol. The van der Waals surface area contributed by atoms with Crippen molar-refractivity contribution in [2.45, 2.75) is 46.1 Å². The van der Waals surface area contributed by atoms with Crippen LogP contribution in [-0.4, -0.2) is 19.6 Å². The minimum atomic E-state index is 1.01. The average Bonchev–Trinajstić information content (AvgIpc) is 2.39. The molecule has 1 aliphatic carbocycles. The van der Waals surface area contributed by atoms with Crippen LogP contribution in [0, 0.1) is 5.92 Å². The summed E-state index contributed by atoms with van der Waals surface area (Å²) in [5.41, 5.74) is 2.73. The van der Waals surface area contributed by atoms with Gasteiger partial charge in [-0.15, -0.1) is 0 Å². The molecule has 0 aromatic heterocycles. The highest BCUT2D eigenvalue weighted by molar-refractivity contribution is 5.47. The summed E-state index contributed by atoms with van der Waals surface area (Å²) in [6.07, 6.45) is 5.73. The smallest absolute Gasteiger partial charge is 0.0366 e. The molecule has 106 valence electrons. The van der Waals surface area contributed by atoms with Gasteiger partial charge in [-0.05, 0) is 50.4 Å². The second-order valence-electron chi connectivity index (χ2n) is 5.60. The Morgan fingerprint density at radius 1 is 1.11 bits per heavy atom. The topological polar surface area (TPSA) is 15.3 Å². The molecular formula is C17H28N2. The first-order valence-corrected chi connectivity index (χ1v) is 7.88. The molecule has 0 saturated heterocycles. The Labute approximate surface area is 118 Å². The van der Waals surface area contributed by atoms with E-state index in [2.05, 4.69) is 48.3 Å². The third kappa shape index (κ3) is 4.24. The quantitative estimate of drug-likeness (QED) is 0.715. The first-order valence-electron chi connectivity index (χ1n) is 7.88. The van der Waals surface area contributed by atoms with Crippen LogP contribution in [0.25, 0.3) is 0 Å². The molecule has 0 amide bonds. The van der Waals surface area contributed by atoms with Crippen LogP contribution < -0.4 is 10.2 Å². The van der Waals surface area contributed by atoms with Crippen LogP contribution in [0.2, 0.25) is 0 Å². The molecule has 0 heterocycles. The molecule has 2 rings (SSSR count). The normalized spacial score (nSPS) is 15.3. The van der Waals surface area contributed by atoms with Crippen molar-refractivity contribution in [2.75, 3.05) is 24.5 Å². The molecule has 0 atom stereocenters. The van der Waals surface area contributed by atoms with E-state index >= 15 is 0 Å². The number of benzene rings is 1. The molecule has 1 saturated carbocycles. The van der Waals surface area contributed by atoms with Crippen LogP contribution in [0.1, 0.15) is 45.1 Å². The molecule has 0 radical (unpaired) electrons. The van der Waals surface area contributed by atoms with Crippen molar-refractivity contribution < 1.29 is 0 Å². The third-order valence-electron chi connectivity index (χ3n) is 4.35. The van der Waals surface area contributed by atoms with Gasteiger partial charge in [0.1, 0.15) is 0 Å². The lowest BCUT2D eigenvalue weighted by molar-refractivity contribution is 0.292. The first-order chi connectivity index (χ1) is 9.33. The van der Waals surface area contributed by atoms with Crippen molar-refractivity contribution in [3.63, 3.8) is 0 Å². The number of hydrogen-bond donors (Lipinski definition) is 1. The minimum absolute atomic E-state index is 1.01. The van der Waals surface area contributed by atoms with Gasteiger partial charge in [0.25, 0.3) is 0 Å². The van der Waals surface area contributed by atoms with Crippen LogP contribution in [0.4, 0.5) is 5.69 Å². The van der Waals surface area contributed by atoms with E-state index in [0.29, 0.717) is 0 Å². The number of hydrogen-bond acceptors (Lipinski definition) is 2. The molecule has 2 heteroatoms. The van der Waals surface area contributed by atoms with Gasteiger partial charge in [-0.25, -0.2) is 0 Å². The van der Waals surface area contributed by atoms with Crippen LogP contribution in [0.5, 0.6) is 0 Å². The summed E-state index contributed by atoms with van der Waals surface area (Å²) in [5, 5.41) is 3.56. The average molecular weight is 260 g/mol. The van der Waals surface area contributed by atoms with Crippen LogP contribution >= 0.6 is 0 Å². The fourth-order valence-corrected chi connectivity index (χ4v) is 2.73. The van der Waals surface area contributed by atoms with Gasteiger partial charge in [0.05, 0.1) is 0 Å². The number of nitrogens with one attached hydrogen (secondary N) is 1. The number of anilines is 1. The summed E-state index contributed by atoms with van der Waals surface area (Å²) in [5.74, 6) is 1.01. The van der Waals surface area contributed by atoms with Crippen LogP contribution in [0.3, 0.4) is 0 Å². The molecule has 2 nitrogen and oxygen atoms in total. The van der Waals surface area contributed by atoms with E-state index in [-0.39, 0.29) is 0 Å². The van der Waals surface area contributed by atoms with Gasteiger partial charge >= 0.3 is 0 Å². The van der Waals surface area contributed by atoms with E-state index < -0.39 is 0 Å². The van der Waals surface area contributed by atoms with Crippen molar-refractivity contribution in [2.24, 2.45) is 5.92 Å². The van der Waals surface area contributed by atoms with E-state index in [1.165, 1.54) is 43.5 Å². The second-order valence-corrected chi connectivity index (χ2v) is 5.60. The van der Waals surface area contributed by atoms with Crippen molar-refractivity contribution in [1.29, 1.82) is 0 Å². The van der Waals surface area contributed by atoms with Gasteiger partial charge in [-0.1, -0.05) is 31.4 Å². The fraction of sp³-hybridized carbons (Fsp3) is 0.647. The van der Waals surface area contributed by atoms with E-state index in [4.69, 9.17) is 0 Å². The lowest BCUT2D eigenvalue weighted by atomic mass is 9.83. The zero-order valence-electron chi connectivity index (χ0n) is 12.5. The van der Waals surface area contributed by atoms with Crippen molar-refractivity contribution >= 4 is 5.69 Å².